The number of rotatable bonds is 10. The van der Waals surface area contributed by atoms with E-state index in [1.807, 2.05) is 0 Å². The van der Waals surface area contributed by atoms with E-state index in [9.17, 15) is 8.42 Å². The molecular weight excluding hydrogens is 460 g/mol. The molecule has 4 rings (SSSR count). The van der Waals surface area contributed by atoms with Gasteiger partial charge in [-0.15, -0.1) is 0 Å². The van der Waals surface area contributed by atoms with E-state index in [0.29, 0.717) is 35.9 Å². The summed E-state index contributed by atoms with van der Waals surface area (Å²) >= 11 is 0. The maximum absolute atomic E-state index is 13.2. The van der Waals surface area contributed by atoms with Crippen LogP contribution in [0.3, 0.4) is 0 Å². The molecule has 3 aromatic rings. The van der Waals surface area contributed by atoms with Gasteiger partial charge in [-0.2, -0.15) is 0 Å². The smallest absolute Gasteiger partial charge is 0.265 e. The second kappa shape index (κ2) is 10.8. The van der Waals surface area contributed by atoms with Crippen LogP contribution in [0.15, 0.2) is 53.7 Å². The molecule has 0 amide bonds. The molecular formula is C23H26N4O6S. The number of anilines is 1. The number of nitrogens with one attached hydrogen (secondary N) is 1. The van der Waals surface area contributed by atoms with E-state index in [1.165, 1.54) is 25.6 Å². The second-order valence-electron chi connectivity index (χ2n) is 7.51. The summed E-state index contributed by atoms with van der Waals surface area (Å²) in [7, 11) is -2.63. The second-order valence-corrected chi connectivity index (χ2v) is 9.16. The third-order valence-corrected chi connectivity index (χ3v) is 6.39. The Morgan fingerprint density at radius 3 is 2.71 bits per heavy atom. The summed E-state index contributed by atoms with van der Waals surface area (Å²) in [6.45, 7) is 3.27. The fourth-order valence-corrected chi connectivity index (χ4v) is 4.59. The van der Waals surface area contributed by atoms with Gasteiger partial charge in [0.1, 0.15) is 17.3 Å². The Morgan fingerprint density at radius 1 is 1.15 bits per heavy atom. The predicted octanol–water partition coefficient (Wildman–Crippen LogP) is 3.19. The number of aryl methyl sites for hydroxylation is 1. The molecule has 2 aromatic heterocycles. The molecule has 1 aromatic carbocycles. The van der Waals surface area contributed by atoms with Gasteiger partial charge in [0.2, 0.25) is 5.82 Å². The molecule has 1 saturated heterocycles. The number of sulfonamides is 1. The molecule has 1 aliphatic heterocycles. The van der Waals surface area contributed by atoms with E-state index in [4.69, 9.17) is 18.9 Å². The number of benzene rings is 1. The van der Waals surface area contributed by atoms with Crippen LogP contribution in [0, 0.1) is 6.92 Å². The van der Waals surface area contributed by atoms with Crippen molar-refractivity contribution in [1.82, 2.24) is 15.0 Å². The van der Waals surface area contributed by atoms with Gasteiger partial charge in [0.05, 0.1) is 31.3 Å². The van der Waals surface area contributed by atoms with Crippen LogP contribution < -0.4 is 14.2 Å². The zero-order valence-corrected chi connectivity index (χ0v) is 19.7. The Bertz CT molecular complexity index is 1210. The van der Waals surface area contributed by atoms with Crippen LogP contribution >= 0.6 is 0 Å². The van der Waals surface area contributed by atoms with Gasteiger partial charge in [-0.1, -0.05) is 0 Å². The van der Waals surface area contributed by atoms with Gasteiger partial charge in [0.15, 0.2) is 6.29 Å². The minimum atomic E-state index is -4.03. The Morgan fingerprint density at radius 2 is 1.97 bits per heavy atom. The molecule has 0 radical (unpaired) electrons. The minimum absolute atomic E-state index is 0.00180. The molecule has 180 valence electrons. The lowest BCUT2D eigenvalue weighted by Gasteiger charge is -2.14. The standard InChI is InChI=1S/C23H26N4O6S/c1-16-15-25-22(23(26-16)30-2)27-34(28,29)19-5-3-11-24-21(19)17-7-9-18(10-8-17)31-13-14-33-20-6-4-12-32-20/h3,5,7-11,15,20H,4,6,12-14H2,1-2H3,(H,25,27). The summed E-state index contributed by atoms with van der Waals surface area (Å²) in [4.78, 5) is 12.6. The van der Waals surface area contributed by atoms with Crippen molar-refractivity contribution in [1.29, 1.82) is 0 Å². The molecule has 1 aliphatic rings. The van der Waals surface area contributed by atoms with Crippen molar-refractivity contribution in [2.75, 3.05) is 31.7 Å². The van der Waals surface area contributed by atoms with Gasteiger partial charge in [-0.25, -0.2) is 18.4 Å². The van der Waals surface area contributed by atoms with Crippen molar-refractivity contribution >= 4 is 15.8 Å². The lowest BCUT2D eigenvalue weighted by Crippen LogP contribution is -2.17. The molecule has 1 fully saturated rings. The zero-order valence-electron chi connectivity index (χ0n) is 18.9. The van der Waals surface area contributed by atoms with Crippen molar-refractivity contribution in [2.45, 2.75) is 31.0 Å². The predicted molar refractivity (Wildman–Crippen MR) is 124 cm³/mol. The molecule has 0 spiro atoms. The molecule has 0 aliphatic carbocycles. The molecule has 0 saturated carbocycles. The van der Waals surface area contributed by atoms with Gasteiger partial charge < -0.3 is 18.9 Å². The first-order valence-electron chi connectivity index (χ1n) is 10.8. The van der Waals surface area contributed by atoms with Gasteiger partial charge >= 0.3 is 0 Å². The summed E-state index contributed by atoms with van der Waals surface area (Å²) in [5.74, 6) is 0.716. The Kier molecular flexibility index (Phi) is 7.56. The maximum Gasteiger partial charge on any atom is 0.265 e. The largest absolute Gasteiger partial charge is 0.491 e. The zero-order chi connectivity index (χ0) is 24.0. The number of pyridine rings is 1. The third-order valence-electron chi connectivity index (χ3n) is 5.02. The summed E-state index contributed by atoms with van der Waals surface area (Å²) in [5, 5.41) is 0. The number of hydrogen-bond acceptors (Lipinski definition) is 9. The number of nitrogens with zero attached hydrogens (tertiary/aromatic N) is 3. The summed E-state index contributed by atoms with van der Waals surface area (Å²) in [5.41, 5.74) is 1.51. The monoisotopic (exact) mass is 486 g/mol. The van der Waals surface area contributed by atoms with E-state index < -0.39 is 10.0 Å². The fourth-order valence-electron chi connectivity index (χ4n) is 3.40. The average molecular weight is 487 g/mol. The normalized spacial score (nSPS) is 15.8. The third kappa shape index (κ3) is 5.79. The maximum atomic E-state index is 13.2. The lowest BCUT2D eigenvalue weighted by atomic mass is 10.1. The highest BCUT2D eigenvalue weighted by Gasteiger charge is 2.23. The first-order chi connectivity index (χ1) is 16.5. The van der Waals surface area contributed by atoms with E-state index in [0.717, 1.165) is 19.4 Å². The van der Waals surface area contributed by atoms with Crippen LogP contribution in [0.2, 0.25) is 0 Å². The molecule has 1 N–H and O–H groups in total. The van der Waals surface area contributed by atoms with Crippen LogP contribution in [0.25, 0.3) is 11.3 Å². The van der Waals surface area contributed by atoms with Gasteiger partial charge in [0, 0.05) is 24.8 Å². The summed E-state index contributed by atoms with van der Waals surface area (Å²) in [6, 6.07) is 10.1. The van der Waals surface area contributed by atoms with Gasteiger partial charge in [-0.05, 0) is 49.7 Å². The lowest BCUT2D eigenvalue weighted by molar-refractivity contribution is -0.115. The SMILES string of the molecule is COc1nc(C)cnc1NS(=O)(=O)c1cccnc1-c1ccc(OCCOC2CCCO2)cc1. The Hall–Kier alpha value is -3.28. The first-order valence-corrected chi connectivity index (χ1v) is 12.3. The number of aromatic nitrogens is 3. The topological polar surface area (TPSA) is 122 Å². The van der Waals surface area contributed by atoms with Crippen LogP contribution in [0.4, 0.5) is 5.82 Å². The number of methoxy groups -OCH3 is 1. The molecule has 34 heavy (non-hydrogen) atoms. The minimum Gasteiger partial charge on any atom is -0.491 e. The quantitative estimate of drug-likeness (QED) is 0.431. The molecule has 11 heteroatoms. The Balaban J connectivity index is 1.47. The molecule has 3 heterocycles. The van der Waals surface area contributed by atoms with Crippen molar-refractivity contribution in [3.8, 4) is 22.9 Å². The highest BCUT2D eigenvalue weighted by Crippen LogP contribution is 2.29. The van der Waals surface area contributed by atoms with Crippen LogP contribution in [0.1, 0.15) is 18.5 Å². The van der Waals surface area contributed by atoms with E-state index in [-0.39, 0.29) is 22.9 Å². The van der Waals surface area contributed by atoms with Crippen molar-refractivity contribution < 1.29 is 27.4 Å². The van der Waals surface area contributed by atoms with Crippen molar-refractivity contribution in [2.24, 2.45) is 0 Å². The van der Waals surface area contributed by atoms with Crippen molar-refractivity contribution in [3.05, 3.63) is 54.5 Å². The summed E-state index contributed by atoms with van der Waals surface area (Å²) < 4.78 is 50.7. The molecule has 1 atom stereocenters. The van der Waals surface area contributed by atoms with E-state index >= 15 is 0 Å². The van der Waals surface area contributed by atoms with Crippen LogP contribution in [-0.2, 0) is 19.5 Å². The van der Waals surface area contributed by atoms with Crippen LogP contribution in [-0.4, -0.2) is 56.6 Å². The van der Waals surface area contributed by atoms with Crippen LogP contribution in [0.5, 0.6) is 11.6 Å². The number of ether oxygens (including phenoxy) is 4. The van der Waals surface area contributed by atoms with Crippen molar-refractivity contribution in [3.63, 3.8) is 0 Å². The number of hydrogen-bond donors (Lipinski definition) is 1. The molecule has 0 bridgehead atoms. The highest BCUT2D eigenvalue weighted by molar-refractivity contribution is 7.92. The average Bonchev–Trinajstić information content (AvgIpc) is 3.37. The highest BCUT2D eigenvalue weighted by atomic mass is 32.2. The van der Waals surface area contributed by atoms with E-state index in [1.54, 1.807) is 37.3 Å². The van der Waals surface area contributed by atoms with Gasteiger partial charge in [0.25, 0.3) is 15.9 Å². The van der Waals surface area contributed by atoms with E-state index in [2.05, 4.69) is 19.7 Å². The molecule has 10 nitrogen and oxygen atoms in total. The fraction of sp³-hybridized carbons (Fsp3) is 0.348. The Labute approximate surface area is 198 Å². The first kappa shape index (κ1) is 23.9. The van der Waals surface area contributed by atoms with Gasteiger partial charge in [-0.3, -0.25) is 9.71 Å². The summed E-state index contributed by atoms with van der Waals surface area (Å²) in [6.07, 6.45) is 4.76. The molecule has 1 unspecified atom stereocenters.